The number of hydrogen-bond donors (Lipinski definition) is 1. The molecular weight excluding hydrogens is 254 g/mol. The maximum Gasteiger partial charge on any atom is 0.00695 e. The van der Waals surface area contributed by atoms with Crippen LogP contribution in [0.25, 0.3) is 0 Å². The molecule has 3 atom stereocenters. The predicted octanol–water partition coefficient (Wildman–Crippen LogP) is 5.06. The van der Waals surface area contributed by atoms with Crippen LogP contribution in [0, 0.1) is 5.92 Å². The van der Waals surface area contributed by atoms with E-state index >= 15 is 0 Å². The molecule has 116 valence electrons. The highest BCUT2D eigenvalue weighted by Crippen LogP contribution is 2.39. The van der Waals surface area contributed by atoms with E-state index in [1.807, 2.05) is 0 Å². The lowest BCUT2D eigenvalue weighted by atomic mass is 9.76. The lowest BCUT2D eigenvalue weighted by Crippen LogP contribution is -2.30. The maximum absolute atomic E-state index is 3.71. The zero-order chi connectivity index (χ0) is 14.5. The zero-order valence-corrected chi connectivity index (χ0v) is 13.6. The third-order valence-corrected chi connectivity index (χ3v) is 5.64. The van der Waals surface area contributed by atoms with Gasteiger partial charge in [-0.2, -0.15) is 0 Å². The summed E-state index contributed by atoms with van der Waals surface area (Å²) in [5.74, 6) is 1.77. The van der Waals surface area contributed by atoms with Crippen LogP contribution in [0.2, 0.25) is 0 Å². The van der Waals surface area contributed by atoms with E-state index in [-0.39, 0.29) is 0 Å². The van der Waals surface area contributed by atoms with Crippen LogP contribution < -0.4 is 5.32 Å². The average molecular weight is 285 g/mol. The van der Waals surface area contributed by atoms with Crippen molar-refractivity contribution in [1.29, 1.82) is 0 Å². The second-order valence-electron chi connectivity index (χ2n) is 7.16. The highest BCUT2D eigenvalue weighted by atomic mass is 14.9. The third kappa shape index (κ3) is 3.88. The lowest BCUT2D eigenvalue weighted by Gasteiger charge is -2.30. The lowest BCUT2D eigenvalue weighted by molar-refractivity contribution is 0.335. The van der Waals surface area contributed by atoms with Crippen molar-refractivity contribution in [3.05, 3.63) is 35.4 Å². The van der Waals surface area contributed by atoms with E-state index in [9.17, 15) is 0 Å². The van der Waals surface area contributed by atoms with Gasteiger partial charge in [-0.1, -0.05) is 50.5 Å². The van der Waals surface area contributed by atoms with Crippen molar-refractivity contribution in [3.8, 4) is 0 Å². The van der Waals surface area contributed by atoms with Gasteiger partial charge in [-0.15, -0.1) is 0 Å². The summed E-state index contributed by atoms with van der Waals surface area (Å²) in [6, 6.07) is 9.99. The second-order valence-corrected chi connectivity index (χ2v) is 7.16. The Bertz CT molecular complexity index is 439. The van der Waals surface area contributed by atoms with Gasteiger partial charge in [0.2, 0.25) is 0 Å². The Morgan fingerprint density at radius 2 is 1.90 bits per heavy atom. The van der Waals surface area contributed by atoms with Crippen molar-refractivity contribution in [1.82, 2.24) is 5.32 Å². The van der Waals surface area contributed by atoms with Gasteiger partial charge in [0, 0.05) is 6.04 Å². The summed E-state index contributed by atoms with van der Waals surface area (Å²) >= 11 is 0. The van der Waals surface area contributed by atoms with E-state index in [0.29, 0.717) is 0 Å². The maximum atomic E-state index is 3.71. The first-order chi connectivity index (χ1) is 10.4. The Labute approximate surface area is 130 Å². The van der Waals surface area contributed by atoms with Gasteiger partial charge in [0.25, 0.3) is 0 Å². The fraction of sp³-hybridized carbons (Fsp3) is 0.700. The molecule has 1 saturated carbocycles. The summed E-state index contributed by atoms with van der Waals surface area (Å²) in [5, 5.41) is 3.71. The monoisotopic (exact) mass is 285 g/mol. The standard InChI is InChI=1S/C20H31N/c1-2-21-19-12-5-3-8-16(15-19)14-18-11-7-10-17-9-4-6-13-20(17)18/h4,6,9,13,16,18-19,21H,2-3,5,7-8,10-12,14-15H2,1H3. The first-order valence-corrected chi connectivity index (χ1v) is 9.18. The molecule has 0 radical (unpaired) electrons. The molecular formula is C20H31N. The van der Waals surface area contributed by atoms with Crippen LogP contribution >= 0.6 is 0 Å². The molecule has 3 rings (SSSR count). The summed E-state index contributed by atoms with van der Waals surface area (Å²) in [7, 11) is 0. The fourth-order valence-electron chi connectivity index (χ4n) is 4.65. The van der Waals surface area contributed by atoms with Crippen molar-refractivity contribution in [3.63, 3.8) is 0 Å². The van der Waals surface area contributed by atoms with Crippen LogP contribution in [0.3, 0.4) is 0 Å². The van der Waals surface area contributed by atoms with E-state index < -0.39 is 0 Å². The molecule has 3 unspecified atom stereocenters. The summed E-state index contributed by atoms with van der Waals surface area (Å²) in [6.07, 6.45) is 12.7. The Hall–Kier alpha value is -0.820. The molecule has 0 spiro atoms. The van der Waals surface area contributed by atoms with Crippen LogP contribution in [-0.2, 0) is 6.42 Å². The van der Waals surface area contributed by atoms with E-state index in [2.05, 4.69) is 36.5 Å². The van der Waals surface area contributed by atoms with Gasteiger partial charge in [0.05, 0.1) is 0 Å². The first-order valence-electron chi connectivity index (χ1n) is 9.18. The highest BCUT2D eigenvalue weighted by Gasteiger charge is 2.26. The van der Waals surface area contributed by atoms with Crippen LogP contribution in [0.1, 0.15) is 75.3 Å². The van der Waals surface area contributed by atoms with Gasteiger partial charge in [-0.25, -0.2) is 0 Å². The molecule has 1 aromatic carbocycles. The van der Waals surface area contributed by atoms with Crippen molar-refractivity contribution in [2.75, 3.05) is 6.54 Å². The number of hydrogen-bond acceptors (Lipinski definition) is 1. The molecule has 1 fully saturated rings. The quantitative estimate of drug-likeness (QED) is 0.763. The molecule has 1 aromatic rings. The average Bonchev–Trinajstić information content (AvgIpc) is 2.73. The molecule has 21 heavy (non-hydrogen) atoms. The highest BCUT2D eigenvalue weighted by molar-refractivity contribution is 5.32. The number of rotatable bonds is 4. The molecule has 0 amide bonds. The predicted molar refractivity (Wildman–Crippen MR) is 90.8 cm³/mol. The molecule has 0 bridgehead atoms. The molecule has 2 aliphatic rings. The van der Waals surface area contributed by atoms with Crippen molar-refractivity contribution in [2.24, 2.45) is 5.92 Å². The molecule has 1 nitrogen and oxygen atoms in total. The van der Waals surface area contributed by atoms with Crippen molar-refractivity contribution < 1.29 is 0 Å². The molecule has 0 aliphatic heterocycles. The van der Waals surface area contributed by atoms with Gasteiger partial charge >= 0.3 is 0 Å². The molecule has 2 aliphatic carbocycles. The summed E-state index contributed by atoms with van der Waals surface area (Å²) in [6.45, 7) is 3.38. The Morgan fingerprint density at radius 3 is 2.81 bits per heavy atom. The summed E-state index contributed by atoms with van der Waals surface area (Å²) in [5.41, 5.74) is 3.30. The van der Waals surface area contributed by atoms with E-state index in [1.54, 1.807) is 11.1 Å². The minimum Gasteiger partial charge on any atom is -0.314 e. The van der Waals surface area contributed by atoms with Crippen LogP contribution in [0.15, 0.2) is 24.3 Å². The minimum atomic E-state index is 0.779. The normalized spacial score (nSPS) is 29.7. The molecule has 0 heterocycles. The second kappa shape index (κ2) is 7.45. The van der Waals surface area contributed by atoms with E-state index in [0.717, 1.165) is 24.4 Å². The number of nitrogens with one attached hydrogen (secondary N) is 1. The van der Waals surface area contributed by atoms with Crippen LogP contribution in [0.4, 0.5) is 0 Å². The number of benzene rings is 1. The van der Waals surface area contributed by atoms with E-state index in [4.69, 9.17) is 0 Å². The molecule has 1 N–H and O–H groups in total. The molecule has 0 saturated heterocycles. The number of aryl methyl sites for hydroxylation is 1. The molecule has 0 aromatic heterocycles. The minimum absolute atomic E-state index is 0.779. The van der Waals surface area contributed by atoms with Crippen LogP contribution in [-0.4, -0.2) is 12.6 Å². The zero-order valence-electron chi connectivity index (χ0n) is 13.6. The van der Waals surface area contributed by atoms with Gasteiger partial charge in [-0.3, -0.25) is 0 Å². The summed E-state index contributed by atoms with van der Waals surface area (Å²) < 4.78 is 0. The largest absolute Gasteiger partial charge is 0.314 e. The van der Waals surface area contributed by atoms with Crippen molar-refractivity contribution >= 4 is 0 Å². The van der Waals surface area contributed by atoms with Gasteiger partial charge in [0.15, 0.2) is 0 Å². The first kappa shape index (κ1) is 15.1. The van der Waals surface area contributed by atoms with Gasteiger partial charge in [0.1, 0.15) is 0 Å². The van der Waals surface area contributed by atoms with Gasteiger partial charge in [-0.05, 0) is 68.0 Å². The SMILES string of the molecule is CCNC1CCCCC(CC2CCCc3ccccc32)C1. The Kier molecular flexibility index (Phi) is 5.35. The van der Waals surface area contributed by atoms with Crippen LogP contribution in [0.5, 0.6) is 0 Å². The third-order valence-electron chi connectivity index (χ3n) is 5.64. The smallest absolute Gasteiger partial charge is 0.00695 e. The van der Waals surface area contributed by atoms with Crippen molar-refractivity contribution in [2.45, 2.75) is 76.7 Å². The van der Waals surface area contributed by atoms with Gasteiger partial charge < -0.3 is 5.32 Å². The summed E-state index contributed by atoms with van der Waals surface area (Å²) in [4.78, 5) is 0. The Morgan fingerprint density at radius 1 is 1.05 bits per heavy atom. The topological polar surface area (TPSA) is 12.0 Å². The fourth-order valence-corrected chi connectivity index (χ4v) is 4.65. The van der Waals surface area contributed by atoms with E-state index in [1.165, 1.54) is 57.8 Å². The molecule has 1 heteroatoms. The Balaban J connectivity index is 1.65. The number of fused-ring (bicyclic) bond motifs is 1.